The number of rotatable bonds is 4. The van der Waals surface area contributed by atoms with Crippen molar-refractivity contribution < 1.29 is 22.4 Å². The maximum Gasteiger partial charge on any atom is 0.319 e. The third kappa shape index (κ3) is 3.28. The van der Waals surface area contributed by atoms with E-state index < -0.39 is 10.0 Å². The molecule has 2 saturated heterocycles. The minimum absolute atomic E-state index is 0.229. The van der Waals surface area contributed by atoms with Gasteiger partial charge < -0.3 is 9.15 Å². The zero-order valence-electron chi connectivity index (χ0n) is 13.5. The number of sulfonamides is 1. The van der Waals surface area contributed by atoms with E-state index in [1.165, 1.54) is 16.1 Å². The molecule has 25 heavy (non-hydrogen) atoms. The highest BCUT2D eigenvalue weighted by molar-refractivity contribution is 8.00. The summed E-state index contributed by atoms with van der Waals surface area (Å²) in [6.07, 6.45) is 3.47. The minimum Gasteiger partial charge on any atom is -0.465 e. The molecule has 0 amide bonds. The molecule has 1 aromatic heterocycles. The predicted octanol–water partition coefficient (Wildman–Crippen LogP) is 2.41. The second kappa shape index (κ2) is 6.62. The number of cyclic esters (lactones) is 1. The number of aromatic nitrogens is 1. The van der Waals surface area contributed by atoms with Gasteiger partial charge in [0, 0.05) is 19.5 Å². The Balaban J connectivity index is 1.60. The number of oxazole rings is 1. The molecule has 1 atom stereocenters. The van der Waals surface area contributed by atoms with Gasteiger partial charge >= 0.3 is 5.97 Å². The van der Waals surface area contributed by atoms with Crippen molar-refractivity contribution >= 4 is 38.9 Å². The number of carbonyl (C=O) groups is 1. The van der Waals surface area contributed by atoms with Gasteiger partial charge in [0.2, 0.25) is 10.0 Å². The van der Waals surface area contributed by atoms with E-state index in [-0.39, 0.29) is 16.1 Å². The molecule has 1 aromatic carbocycles. The highest BCUT2D eigenvalue weighted by Gasteiger charge is 2.30. The van der Waals surface area contributed by atoms with Crippen LogP contribution in [0.5, 0.6) is 0 Å². The average molecular weight is 382 g/mol. The molecule has 0 N–H and O–H groups in total. The number of ether oxygens (including phenoxy) is 1. The van der Waals surface area contributed by atoms with Crippen LogP contribution in [-0.2, 0) is 19.6 Å². The number of thioether (sulfide) groups is 1. The highest BCUT2D eigenvalue weighted by Crippen LogP contribution is 2.32. The molecule has 0 radical (unpaired) electrons. The van der Waals surface area contributed by atoms with Gasteiger partial charge in [-0.15, -0.1) is 0 Å². The predicted molar refractivity (Wildman–Crippen MR) is 91.8 cm³/mol. The molecule has 2 aliphatic rings. The molecule has 2 aliphatic heterocycles. The van der Waals surface area contributed by atoms with Gasteiger partial charge in [-0.05, 0) is 31.0 Å². The third-order valence-electron chi connectivity index (χ3n) is 4.42. The Bertz CT molecular complexity index is 902. The zero-order chi connectivity index (χ0) is 17.4. The van der Waals surface area contributed by atoms with Crippen molar-refractivity contribution in [1.82, 2.24) is 9.29 Å². The van der Waals surface area contributed by atoms with Gasteiger partial charge in [-0.2, -0.15) is 4.31 Å². The van der Waals surface area contributed by atoms with Crippen molar-refractivity contribution in [3.05, 3.63) is 18.2 Å². The number of carbonyl (C=O) groups excluding carboxylic acids is 1. The third-order valence-corrected chi connectivity index (χ3v) is 7.41. The smallest absolute Gasteiger partial charge is 0.319 e. The van der Waals surface area contributed by atoms with Crippen molar-refractivity contribution in [2.24, 2.45) is 0 Å². The summed E-state index contributed by atoms with van der Waals surface area (Å²) in [7, 11) is -3.50. The molecular formula is C16H18N2O5S2. The van der Waals surface area contributed by atoms with E-state index >= 15 is 0 Å². The van der Waals surface area contributed by atoms with Gasteiger partial charge in [-0.25, -0.2) is 13.4 Å². The number of piperidine rings is 1. The number of hydrogen-bond acceptors (Lipinski definition) is 7. The van der Waals surface area contributed by atoms with E-state index in [1.807, 2.05) is 0 Å². The average Bonchev–Trinajstić information content (AvgIpc) is 3.21. The first-order chi connectivity index (χ1) is 12.0. The van der Waals surface area contributed by atoms with Crippen LogP contribution in [0.3, 0.4) is 0 Å². The summed E-state index contributed by atoms with van der Waals surface area (Å²) in [5, 5.41) is 0.0379. The first-order valence-electron chi connectivity index (χ1n) is 8.28. The van der Waals surface area contributed by atoms with E-state index in [1.54, 1.807) is 18.2 Å². The van der Waals surface area contributed by atoms with Gasteiger partial charge in [-0.3, -0.25) is 4.79 Å². The minimum atomic E-state index is -3.50. The fraction of sp³-hybridized carbons (Fsp3) is 0.500. The summed E-state index contributed by atoms with van der Waals surface area (Å²) in [5.74, 6) is -0.263. The lowest BCUT2D eigenvalue weighted by molar-refractivity contribution is -0.137. The standard InChI is InChI=1S/C16H18N2O5S2/c19-15-14(6-9-22-15)24-16-17-12-10-11(4-5-13(12)23-16)25(20,21)18-7-2-1-3-8-18/h4-5,10,14H,1-3,6-9H2. The highest BCUT2D eigenvalue weighted by atomic mass is 32.2. The lowest BCUT2D eigenvalue weighted by Gasteiger charge is -2.25. The molecule has 3 heterocycles. The molecule has 2 aromatic rings. The van der Waals surface area contributed by atoms with E-state index in [0.717, 1.165) is 19.3 Å². The Morgan fingerprint density at radius 2 is 2.00 bits per heavy atom. The Labute approximate surface area is 149 Å². The van der Waals surface area contributed by atoms with Crippen LogP contribution in [0.25, 0.3) is 11.1 Å². The molecule has 0 aliphatic carbocycles. The Morgan fingerprint density at radius 1 is 1.20 bits per heavy atom. The van der Waals surface area contributed by atoms with Gasteiger partial charge in [0.1, 0.15) is 10.8 Å². The summed E-state index contributed by atoms with van der Waals surface area (Å²) in [4.78, 5) is 16.1. The topological polar surface area (TPSA) is 89.7 Å². The molecule has 0 saturated carbocycles. The summed E-state index contributed by atoms with van der Waals surface area (Å²) < 4.78 is 37.6. The monoisotopic (exact) mass is 382 g/mol. The van der Waals surface area contributed by atoms with E-state index in [4.69, 9.17) is 9.15 Å². The normalized spacial score (nSPS) is 22.4. The fourth-order valence-corrected chi connectivity index (χ4v) is 5.51. The van der Waals surface area contributed by atoms with Gasteiger partial charge in [0.15, 0.2) is 5.58 Å². The van der Waals surface area contributed by atoms with E-state index in [0.29, 0.717) is 42.4 Å². The second-order valence-electron chi connectivity index (χ2n) is 6.14. The van der Waals surface area contributed by atoms with Crippen LogP contribution >= 0.6 is 11.8 Å². The van der Waals surface area contributed by atoms with Crippen molar-refractivity contribution in [3.63, 3.8) is 0 Å². The molecular weight excluding hydrogens is 364 g/mol. The molecule has 134 valence electrons. The number of nitrogens with zero attached hydrogens (tertiary/aromatic N) is 2. The lowest BCUT2D eigenvalue weighted by atomic mass is 10.2. The molecule has 0 spiro atoms. The zero-order valence-corrected chi connectivity index (χ0v) is 15.1. The number of fused-ring (bicyclic) bond motifs is 1. The summed E-state index contributed by atoms with van der Waals surface area (Å²) >= 11 is 1.21. The Kier molecular flexibility index (Phi) is 4.47. The van der Waals surface area contributed by atoms with Crippen LogP contribution in [0.15, 0.2) is 32.7 Å². The Hall–Kier alpha value is -1.58. The summed E-state index contributed by atoms with van der Waals surface area (Å²) in [6, 6.07) is 4.71. The number of esters is 1. The van der Waals surface area contributed by atoms with Crippen LogP contribution in [0.1, 0.15) is 25.7 Å². The second-order valence-corrected chi connectivity index (χ2v) is 9.23. The fourth-order valence-electron chi connectivity index (χ4n) is 3.06. The molecule has 4 rings (SSSR count). The van der Waals surface area contributed by atoms with Gasteiger partial charge in [0.05, 0.1) is 11.5 Å². The van der Waals surface area contributed by atoms with E-state index in [9.17, 15) is 13.2 Å². The molecule has 9 heteroatoms. The first kappa shape index (κ1) is 16.9. The molecule has 2 fully saturated rings. The summed E-state index contributed by atoms with van der Waals surface area (Å²) in [6.45, 7) is 1.53. The maximum atomic E-state index is 12.8. The quantitative estimate of drug-likeness (QED) is 0.750. The van der Waals surface area contributed by atoms with Crippen LogP contribution in [-0.4, -0.2) is 48.6 Å². The lowest BCUT2D eigenvalue weighted by Crippen LogP contribution is -2.35. The van der Waals surface area contributed by atoms with Gasteiger partial charge in [0.25, 0.3) is 5.22 Å². The van der Waals surface area contributed by atoms with Crippen LogP contribution in [0, 0.1) is 0 Å². The van der Waals surface area contributed by atoms with Crippen LogP contribution in [0.2, 0.25) is 0 Å². The number of benzene rings is 1. The molecule has 7 nitrogen and oxygen atoms in total. The van der Waals surface area contributed by atoms with Crippen LogP contribution in [0.4, 0.5) is 0 Å². The van der Waals surface area contributed by atoms with Crippen molar-refractivity contribution in [2.45, 2.75) is 41.1 Å². The van der Waals surface area contributed by atoms with Crippen LogP contribution < -0.4 is 0 Å². The largest absolute Gasteiger partial charge is 0.465 e. The first-order valence-corrected chi connectivity index (χ1v) is 10.6. The van der Waals surface area contributed by atoms with Crippen molar-refractivity contribution in [2.75, 3.05) is 19.7 Å². The van der Waals surface area contributed by atoms with Gasteiger partial charge in [-0.1, -0.05) is 18.2 Å². The van der Waals surface area contributed by atoms with E-state index in [2.05, 4.69) is 4.98 Å². The summed E-state index contributed by atoms with van der Waals surface area (Å²) in [5.41, 5.74) is 0.985. The van der Waals surface area contributed by atoms with Crippen molar-refractivity contribution in [3.8, 4) is 0 Å². The number of hydrogen-bond donors (Lipinski definition) is 0. The van der Waals surface area contributed by atoms with Crippen molar-refractivity contribution in [1.29, 1.82) is 0 Å². The molecule has 1 unspecified atom stereocenters. The maximum absolute atomic E-state index is 12.8. The SMILES string of the molecule is O=C1OCCC1Sc1nc2cc(S(=O)(=O)N3CCCCC3)ccc2o1. The Morgan fingerprint density at radius 3 is 2.72 bits per heavy atom. The molecule has 0 bridgehead atoms.